The van der Waals surface area contributed by atoms with E-state index in [1.54, 1.807) is 42.5 Å². The van der Waals surface area contributed by atoms with Crippen LogP contribution in [0.25, 0.3) is 0 Å². The van der Waals surface area contributed by atoms with Gasteiger partial charge in [0.25, 0.3) is 0 Å². The molecular weight excluding hydrogens is 308 g/mol. The number of nitrogens with zero attached hydrogens (tertiary/aromatic N) is 1. The largest absolute Gasteiger partial charge is 0.481 e. The minimum absolute atomic E-state index is 0.0168. The number of esters is 1. The number of anilines is 1. The summed E-state index contributed by atoms with van der Waals surface area (Å²) in [5.41, 5.74) is 2.02. The van der Waals surface area contributed by atoms with E-state index in [-0.39, 0.29) is 12.5 Å². The smallest absolute Gasteiger partial charge is 0.349 e. The first-order chi connectivity index (χ1) is 11.7. The van der Waals surface area contributed by atoms with Crippen LogP contribution < -0.4 is 14.8 Å². The molecule has 0 saturated carbocycles. The van der Waals surface area contributed by atoms with Gasteiger partial charge in [0.05, 0.1) is 5.56 Å². The maximum atomic E-state index is 11.9. The van der Waals surface area contributed by atoms with E-state index >= 15 is 0 Å². The van der Waals surface area contributed by atoms with E-state index in [1.807, 2.05) is 6.07 Å². The fourth-order valence-corrected chi connectivity index (χ4v) is 2.41. The normalized spacial score (nSPS) is 12.5. The molecule has 0 aromatic heterocycles. The van der Waals surface area contributed by atoms with Gasteiger partial charge in [0.15, 0.2) is 6.61 Å². The van der Waals surface area contributed by atoms with Gasteiger partial charge in [0.1, 0.15) is 17.6 Å². The van der Waals surface area contributed by atoms with Crippen LogP contribution in [0.2, 0.25) is 0 Å². The summed E-state index contributed by atoms with van der Waals surface area (Å²) in [5, 5.41) is 11.7. The second kappa shape index (κ2) is 6.84. The summed E-state index contributed by atoms with van der Waals surface area (Å²) in [5.74, 6) is 0.150. The van der Waals surface area contributed by atoms with Gasteiger partial charge in [0.2, 0.25) is 5.91 Å². The summed E-state index contributed by atoms with van der Waals surface area (Å²) in [4.78, 5) is 23.2. The predicted molar refractivity (Wildman–Crippen MR) is 85.7 cm³/mol. The van der Waals surface area contributed by atoms with Crippen molar-refractivity contribution in [3.8, 4) is 17.6 Å². The third-order valence-electron chi connectivity index (χ3n) is 3.56. The van der Waals surface area contributed by atoms with E-state index in [4.69, 9.17) is 14.7 Å². The molecule has 3 rings (SSSR count). The van der Waals surface area contributed by atoms with Crippen LogP contribution >= 0.6 is 0 Å². The summed E-state index contributed by atoms with van der Waals surface area (Å²) in [6.45, 7) is -0.299. The average Bonchev–Trinajstić information content (AvgIpc) is 2.60. The lowest BCUT2D eigenvalue weighted by molar-refractivity contribution is -0.136. The van der Waals surface area contributed by atoms with Crippen molar-refractivity contribution in [2.45, 2.75) is 12.8 Å². The number of aryl methyl sites for hydroxylation is 1. The molecule has 1 N–H and O–H groups in total. The van der Waals surface area contributed by atoms with E-state index in [0.29, 0.717) is 29.9 Å². The fraction of sp³-hybridized carbons (Fsp3) is 0.167. The third-order valence-corrected chi connectivity index (χ3v) is 3.56. The predicted octanol–water partition coefficient (Wildman–Crippen LogP) is 2.43. The molecule has 0 atom stereocenters. The molecule has 6 nitrogen and oxygen atoms in total. The number of para-hydroxylation sites is 1. The molecule has 0 fully saturated rings. The maximum absolute atomic E-state index is 11.9. The summed E-state index contributed by atoms with van der Waals surface area (Å²) < 4.78 is 10.6. The number of benzene rings is 2. The van der Waals surface area contributed by atoms with Crippen molar-refractivity contribution in [2.75, 3.05) is 11.9 Å². The molecule has 0 unspecified atom stereocenters. The molecule has 1 aliphatic heterocycles. The zero-order chi connectivity index (χ0) is 16.9. The Morgan fingerprint density at radius 3 is 2.88 bits per heavy atom. The number of amides is 1. The maximum Gasteiger partial charge on any atom is 0.349 e. The van der Waals surface area contributed by atoms with Crippen molar-refractivity contribution < 1.29 is 19.1 Å². The molecule has 0 radical (unpaired) electrons. The summed E-state index contributed by atoms with van der Waals surface area (Å²) >= 11 is 0. The number of carbonyl (C=O) groups is 2. The SMILES string of the molecule is N#Cc1ccccc1OCC(=O)Oc1ccc2c(c1)CCC(=O)N2. The zero-order valence-electron chi connectivity index (χ0n) is 12.7. The summed E-state index contributed by atoms with van der Waals surface area (Å²) in [6, 6.07) is 13.7. The molecule has 0 bridgehead atoms. The highest BCUT2D eigenvalue weighted by Gasteiger charge is 2.16. The van der Waals surface area contributed by atoms with Crippen molar-refractivity contribution in [1.29, 1.82) is 5.26 Å². The van der Waals surface area contributed by atoms with Crippen molar-refractivity contribution in [3.63, 3.8) is 0 Å². The molecule has 24 heavy (non-hydrogen) atoms. The van der Waals surface area contributed by atoms with Gasteiger partial charge in [0, 0.05) is 12.1 Å². The first-order valence-electron chi connectivity index (χ1n) is 7.41. The van der Waals surface area contributed by atoms with Gasteiger partial charge >= 0.3 is 5.97 Å². The molecule has 2 aromatic rings. The van der Waals surface area contributed by atoms with Crippen LogP contribution in [-0.2, 0) is 16.0 Å². The lowest BCUT2D eigenvalue weighted by Gasteiger charge is -2.17. The minimum Gasteiger partial charge on any atom is -0.481 e. The van der Waals surface area contributed by atoms with Gasteiger partial charge in [-0.2, -0.15) is 5.26 Å². The Hall–Kier alpha value is -3.33. The third kappa shape index (κ3) is 3.52. The molecule has 2 aromatic carbocycles. The molecule has 0 saturated heterocycles. The first-order valence-corrected chi connectivity index (χ1v) is 7.41. The molecule has 6 heteroatoms. The number of nitriles is 1. The zero-order valence-corrected chi connectivity index (χ0v) is 12.7. The van der Waals surface area contributed by atoms with Crippen LogP contribution in [0.5, 0.6) is 11.5 Å². The van der Waals surface area contributed by atoms with Gasteiger partial charge in [-0.05, 0) is 42.3 Å². The number of carbonyl (C=O) groups excluding carboxylic acids is 2. The second-order valence-electron chi connectivity index (χ2n) is 5.24. The van der Waals surface area contributed by atoms with Crippen molar-refractivity contribution in [3.05, 3.63) is 53.6 Å². The quantitative estimate of drug-likeness (QED) is 0.690. The standard InChI is InChI=1S/C18H14N2O4/c19-10-13-3-1-2-4-16(13)23-11-18(22)24-14-6-7-15-12(9-14)5-8-17(21)20-15/h1-4,6-7,9H,5,8,11H2,(H,20,21). The van der Waals surface area contributed by atoms with Gasteiger partial charge < -0.3 is 14.8 Å². The molecule has 0 spiro atoms. The topological polar surface area (TPSA) is 88.4 Å². The Morgan fingerprint density at radius 2 is 2.04 bits per heavy atom. The fourth-order valence-electron chi connectivity index (χ4n) is 2.41. The number of rotatable bonds is 4. The monoisotopic (exact) mass is 322 g/mol. The van der Waals surface area contributed by atoms with Crippen molar-refractivity contribution in [1.82, 2.24) is 0 Å². The van der Waals surface area contributed by atoms with E-state index in [2.05, 4.69) is 5.32 Å². The van der Waals surface area contributed by atoms with Gasteiger partial charge in [-0.15, -0.1) is 0 Å². The number of ether oxygens (including phenoxy) is 2. The van der Waals surface area contributed by atoms with Crippen molar-refractivity contribution in [2.24, 2.45) is 0 Å². The van der Waals surface area contributed by atoms with Crippen molar-refractivity contribution >= 4 is 17.6 Å². The van der Waals surface area contributed by atoms with E-state index in [0.717, 1.165) is 11.3 Å². The van der Waals surface area contributed by atoms with Gasteiger partial charge in [-0.25, -0.2) is 4.79 Å². The average molecular weight is 322 g/mol. The van der Waals surface area contributed by atoms with Gasteiger partial charge in [-0.1, -0.05) is 12.1 Å². The van der Waals surface area contributed by atoms with E-state index in [1.165, 1.54) is 0 Å². The molecule has 1 heterocycles. The van der Waals surface area contributed by atoms with E-state index in [9.17, 15) is 9.59 Å². The Kier molecular flexibility index (Phi) is 4.43. The Morgan fingerprint density at radius 1 is 1.21 bits per heavy atom. The Balaban J connectivity index is 1.61. The van der Waals surface area contributed by atoms with Gasteiger partial charge in [-0.3, -0.25) is 4.79 Å². The minimum atomic E-state index is -0.567. The lowest BCUT2D eigenvalue weighted by atomic mass is 10.0. The molecule has 1 amide bonds. The number of hydrogen-bond donors (Lipinski definition) is 1. The van der Waals surface area contributed by atoms with Crippen LogP contribution in [0.1, 0.15) is 17.5 Å². The lowest BCUT2D eigenvalue weighted by Crippen LogP contribution is -2.20. The van der Waals surface area contributed by atoms with Crippen LogP contribution in [0, 0.1) is 11.3 Å². The molecule has 120 valence electrons. The number of fused-ring (bicyclic) bond motifs is 1. The van der Waals surface area contributed by atoms with Crippen LogP contribution in [0.15, 0.2) is 42.5 Å². The van der Waals surface area contributed by atoms with E-state index < -0.39 is 5.97 Å². The second-order valence-corrected chi connectivity index (χ2v) is 5.24. The molecular formula is C18H14N2O4. The highest BCUT2D eigenvalue weighted by atomic mass is 16.6. The number of nitrogens with one attached hydrogen (secondary N) is 1. The highest BCUT2D eigenvalue weighted by Crippen LogP contribution is 2.27. The Labute approximate surface area is 138 Å². The molecule has 0 aliphatic carbocycles. The molecule has 1 aliphatic rings. The Bertz CT molecular complexity index is 839. The van der Waals surface area contributed by atoms with Crippen LogP contribution in [0.4, 0.5) is 5.69 Å². The van der Waals surface area contributed by atoms with Crippen LogP contribution in [-0.4, -0.2) is 18.5 Å². The van der Waals surface area contributed by atoms with Crippen LogP contribution in [0.3, 0.4) is 0 Å². The summed E-state index contributed by atoms with van der Waals surface area (Å²) in [7, 11) is 0. The number of hydrogen-bond acceptors (Lipinski definition) is 5. The highest BCUT2D eigenvalue weighted by molar-refractivity contribution is 5.94. The summed E-state index contributed by atoms with van der Waals surface area (Å²) in [6.07, 6.45) is 1.02. The first kappa shape index (κ1) is 15.6.